The van der Waals surface area contributed by atoms with E-state index in [0.717, 1.165) is 13.1 Å². The van der Waals surface area contributed by atoms with Gasteiger partial charge in [-0.2, -0.15) is 0 Å². The standard InChI is InChI=1S/C15H13Cl2N/c1-10-4-2-3-5-15(10)18-8-11-6-13(16)14(17)7-12(11)9-18/h2-7H,8-9H2,1H3. The van der Waals surface area contributed by atoms with Crippen molar-refractivity contribution in [2.45, 2.75) is 20.0 Å². The molecule has 0 fully saturated rings. The van der Waals surface area contributed by atoms with Gasteiger partial charge < -0.3 is 4.90 Å². The summed E-state index contributed by atoms with van der Waals surface area (Å²) >= 11 is 12.1. The van der Waals surface area contributed by atoms with E-state index in [1.54, 1.807) is 0 Å². The van der Waals surface area contributed by atoms with Crippen LogP contribution in [0.25, 0.3) is 0 Å². The fraction of sp³-hybridized carbons (Fsp3) is 0.200. The molecule has 0 aromatic heterocycles. The Morgan fingerprint density at radius 1 is 0.944 bits per heavy atom. The largest absolute Gasteiger partial charge is 0.363 e. The first kappa shape index (κ1) is 11.9. The smallest absolute Gasteiger partial charge is 0.0595 e. The summed E-state index contributed by atoms with van der Waals surface area (Å²) in [5, 5.41) is 1.28. The number of fused-ring (bicyclic) bond motifs is 1. The zero-order chi connectivity index (χ0) is 12.7. The molecule has 0 aliphatic carbocycles. The summed E-state index contributed by atoms with van der Waals surface area (Å²) in [5.74, 6) is 0. The van der Waals surface area contributed by atoms with Gasteiger partial charge in [-0.1, -0.05) is 41.4 Å². The van der Waals surface area contributed by atoms with E-state index in [1.165, 1.54) is 22.4 Å². The first-order chi connectivity index (χ1) is 8.65. The van der Waals surface area contributed by atoms with Gasteiger partial charge in [-0.3, -0.25) is 0 Å². The molecule has 0 spiro atoms. The molecule has 0 saturated heterocycles. The predicted octanol–water partition coefficient (Wildman–Crippen LogP) is 4.82. The highest BCUT2D eigenvalue weighted by molar-refractivity contribution is 6.42. The summed E-state index contributed by atoms with van der Waals surface area (Å²) in [6, 6.07) is 12.4. The molecule has 0 atom stereocenters. The zero-order valence-electron chi connectivity index (χ0n) is 10.1. The van der Waals surface area contributed by atoms with E-state index < -0.39 is 0 Å². The second kappa shape index (κ2) is 4.49. The normalized spacial score (nSPS) is 13.8. The van der Waals surface area contributed by atoms with Crippen LogP contribution in [0.1, 0.15) is 16.7 Å². The minimum Gasteiger partial charge on any atom is -0.363 e. The maximum atomic E-state index is 6.07. The maximum absolute atomic E-state index is 6.07. The van der Waals surface area contributed by atoms with Crippen LogP contribution in [-0.2, 0) is 13.1 Å². The van der Waals surface area contributed by atoms with Gasteiger partial charge in [0.15, 0.2) is 0 Å². The molecule has 1 heterocycles. The van der Waals surface area contributed by atoms with Crippen LogP contribution in [0, 0.1) is 6.92 Å². The van der Waals surface area contributed by atoms with E-state index in [4.69, 9.17) is 23.2 Å². The van der Waals surface area contributed by atoms with Crippen molar-refractivity contribution >= 4 is 28.9 Å². The summed E-state index contributed by atoms with van der Waals surface area (Å²) < 4.78 is 0. The van der Waals surface area contributed by atoms with Gasteiger partial charge in [0.1, 0.15) is 0 Å². The Labute approximate surface area is 117 Å². The SMILES string of the molecule is Cc1ccccc1N1Cc2cc(Cl)c(Cl)cc2C1. The molecule has 0 bridgehead atoms. The lowest BCUT2D eigenvalue weighted by molar-refractivity contribution is 0.875. The number of anilines is 1. The molecule has 18 heavy (non-hydrogen) atoms. The summed E-state index contributed by atoms with van der Waals surface area (Å²) in [7, 11) is 0. The fourth-order valence-corrected chi connectivity index (χ4v) is 2.85. The van der Waals surface area contributed by atoms with E-state index in [1.807, 2.05) is 12.1 Å². The third-order valence-corrected chi connectivity index (χ3v) is 4.14. The Kier molecular flexibility index (Phi) is 2.96. The second-order valence-corrected chi connectivity index (χ2v) is 5.49. The van der Waals surface area contributed by atoms with Gasteiger partial charge in [-0.25, -0.2) is 0 Å². The van der Waals surface area contributed by atoms with Gasteiger partial charge in [0.05, 0.1) is 10.0 Å². The number of aryl methyl sites for hydroxylation is 1. The van der Waals surface area contributed by atoms with Gasteiger partial charge in [0.25, 0.3) is 0 Å². The average Bonchev–Trinajstić information content (AvgIpc) is 2.73. The van der Waals surface area contributed by atoms with E-state index in [2.05, 4.69) is 36.1 Å². The highest BCUT2D eigenvalue weighted by Crippen LogP contribution is 2.34. The third-order valence-electron chi connectivity index (χ3n) is 3.42. The lowest BCUT2D eigenvalue weighted by atomic mass is 10.1. The number of nitrogens with zero attached hydrogens (tertiary/aromatic N) is 1. The van der Waals surface area contributed by atoms with Crippen LogP contribution in [0.2, 0.25) is 10.0 Å². The van der Waals surface area contributed by atoms with Crippen molar-refractivity contribution < 1.29 is 0 Å². The number of benzene rings is 2. The summed E-state index contributed by atoms with van der Waals surface area (Å²) in [6.07, 6.45) is 0. The number of hydrogen-bond acceptors (Lipinski definition) is 1. The average molecular weight is 278 g/mol. The van der Waals surface area contributed by atoms with Crippen LogP contribution in [0.3, 0.4) is 0 Å². The van der Waals surface area contributed by atoms with Crippen molar-refractivity contribution in [1.82, 2.24) is 0 Å². The van der Waals surface area contributed by atoms with Crippen molar-refractivity contribution in [2.24, 2.45) is 0 Å². The predicted molar refractivity (Wildman–Crippen MR) is 77.5 cm³/mol. The van der Waals surface area contributed by atoms with Crippen LogP contribution in [0.15, 0.2) is 36.4 Å². The third kappa shape index (κ3) is 1.98. The van der Waals surface area contributed by atoms with Crippen LogP contribution < -0.4 is 4.90 Å². The molecular weight excluding hydrogens is 265 g/mol. The maximum Gasteiger partial charge on any atom is 0.0595 e. The van der Waals surface area contributed by atoms with Crippen molar-refractivity contribution in [3.63, 3.8) is 0 Å². The number of hydrogen-bond donors (Lipinski definition) is 0. The summed E-state index contributed by atoms with van der Waals surface area (Å²) in [6.45, 7) is 3.94. The minimum atomic E-state index is 0.641. The van der Waals surface area contributed by atoms with Crippen molar-refractivity contribution in [2.75, 3.05) is 4.90 Å². The zero-order valence-corrected chi connectivity index (χ0v) is 11.6. The lowest BCUT2D eigenvalue weighted by Crippen LogP contribution is -2.15. The highest BCUT2D eigenvalue weighted by Gasteiger charge is 2.21. The Balaban J connectivity index is 1.96. The molecule has 1 aliphatic rings. The molecule has 0 N–H and O–H groups in total. The van der Waals surface area contributed by atoms with E-state index in [-0.39, 0.29) is 0 Å². The van der Waals surface area contributed by atoms with E-state index in [0.29, 0.717) is 10.0 Å². The van der Waals surface area contributed by atoms with Crippen molar-refractivity contribution in [3.05, 3.63) is 63.1 Å². The van der Waals surface area contributed by atoms with Crippen LogP contribution in [0.5, 0.6) is 0 Å². The molecular formula is C15H13Cl2N. The Morgan fingerprint density at radius 3 is 2.06 bits per heavy atom. The van der Waals surface area contributed by atoms with E-state index in [9.17, 15) is 0 Å². The summed E-state index contributed by atoms with van der Waals surface area (Å²) in [5.41, 5.74) is 5.11. The first-order valence-electron chi connectivity index (χ1n) is 5.92. The Morgan fingerprint density at radius 2 is 1.50 bits per heavy atom. The lowest BCUT2D eigenvalue weighted by Gasteiger charge is -2.19. The molecule has 2 aromatic carbocycles. The number of halogens is 2. The monoisotopic (exact) mass is 277 g/mol. The molecule has 3 rings (SSSR count). The van der Waals surface area contributed by atoms with E-state index >= 15 is 0 Å². The van der Waals surface area contributed by atoms with Crippen LogP contribution in [-0.4, -0.2) is 0 Å². The molecule has 92 valence electrons. The second-order valence-electron chi connectivity index (χ2n) is 4.68. The Bertz CT molecular complexity index is 576. The van der Waals surface area contributed by atoms with Crippen molar-refractivity contribution in [1.29, 1.82) is 0 Å². The molecule has 2 aromatic rings. The molecule has 0 unspecified atom stereocenters. The van der Waals surface area contributed by atoms with Gasteiger partial charge in [0.2, 0.25) is 0 Å². The fourth-order valence-electron chi connectivity index (χ4n) is 2.48. The van der Waals surface area contributed by atoms with Gasteiger partial charge in [0, 0.05) is 18.8 Å². The van der Waals surface area contributed by atoms with Gasteiger partial charge >= 0.3 is 0 Å². The molecule has 0 saturated carbocycles. The van der Waals surface area contributed by atoms with Gasteiger partial charge in [-0.15, -0.1) is 0 Å². The Hall–Kier alpha value is -1.18. The molecule has 1 aliphatic heterocycles. The topological polar surface area (TPSA) is 3.24 Å². The first-order valence-corrected chi connectivity index (χ1v) is 6.68. The molecule has 3 heteroatoms. The molecule has 0 radical (unpaired) electrons. The van der Waals surface area contributed by atoms with Gasteiger partial charge in [-0.05, 0) is 41.8 Å². The van der Waals surface area contributed by atoms with Crippen molar-refractivity contribution in [3.8, 4) is 0 Å². The molecule has 1 nitrogen and oxygen atoms in total. The highest BCUT2D eigenvalue weighted by atomic mass is 35.5. The number of rotatable bonds is 1. The summed E-state index contributed by atoms with van der Waals surface area (Å²) in [4.78, 5) is 2.35. The molecule has 0 amide bonds. The number of para-hydroxylation sites is 1. The quantitative estimate of drug-likeness (QED) is 0.722. The minimum absolute atomic E-state index is 0.641. The van der Waals surface area contributed by atoms with Crippen LogP contribution >= 0.6 is 23.2 Å². The van der Waals surface area contributed by atoms with Crippen LogP contribution in [0.4, 0.5) is 5.69 Å².